The van der Waals surface area contributed by atoms with Gasteiger partial charge in [-0.3, -0.25) is 4.79 Å². The van der Waals surface area contributed by atoms with E-state index >= 15 is 0 Å². The third kappa shape index (κ3) is 3.17. The third-order valence-corrected chi connectivity index (χ3v) is 4.12. The molecule has 4 nitrogen and oxygen atoms in total. The standard InChI is InChI=1S/C17H18ClN3O/c18-14-10-13(19)7-8-15(14)20-17(22)11-21-9-3-5-12-4-1-2-6-16(12)21/h1-2,4,6-8,10H,3,5,9,11,19H2,(H,20,22). The van der Waals surface area contributed by atoms with Crippen LogP contribution in [0, 0.1) is 0 Å². The van der Waals surface area contributed by atoms with Crippen molar-refractivity contribution in [3.8, 4) is 0 Å². The van der Waals surface area contributed by atoms with Crippen molar-refractivity contribution in [2.24, 2.45) is 0 Å². The highest BCUT2D eigenvalue weighted by molar-refractivity contribution is 6.34. The maximum Gasteiger partial charge on any atom is 0.243 e. The van der Waals surface area contributed by atoms with E-state index in [1.807, 2.05) is 12.1 Å². The van der Waals surface area contributed by atoms with Crippen LogP contribution in [-0.4, -0.2) is 19.0 Å². The molecule has 0 unspecified atom stereocenters. The highest BCUT2D eigenvalue weighted by Crippen LogP contribution is 2.27. The molecule has 2 aromatic rings. The molecule has 0 radical (unpaired) electrons. The molecule has 0 atom stereocenters. The van der Waals surface area contributed by atoms with E-state index in [0.29, 0.717) is 22.9 Å². The number of halogens is 1. The van der Waals surface area contributed by atoms with Crippen LogP contribution in [0.5, 0.6) is 0 Å². The van der Waals surface area contributed by atoms with Gasteiger partial charge in [-0.05, 0) is 42.7 Å². The van der Waals surface area contributed by atoms with Crippen LogP contribution < -0.4 is 16.0 Å². The van der Waals surface area contributed by atoms with Gasteiger partial charge in [0.05, 0.1) is 17.3 Å². The summed E-state index contributed by atoms with van der Waals surface area (Å²) in [5, 5.41) is 3.30. The number of hydrogen-bond donors (Lipinski definition) is 2. The largest absolute Gasteiger partial charge is 0.399 e. The molecule has 0 aliphatic carbocycles. The van der Waals surface area contributed by atoms with Gasteiger partial charge in [0.1, 0.15) is 0 Å². The quantitative estimate of drug-likeness (QED) is 0.854. The lowest BCUT2D eigenvalue weighted by atomic mass is 10.0. The summed E-state index contributed by atoms with van der Waals surface area (Å²) in [4.78, 5) is 14.4. The lowest BCUT2D eigenvalue weighted by molar-refractivity contribution is -0.115. The molecule has 5 heteroatoms. The Bertz CT molecular complexity index is 702. The lowest BCUT2D eigenvalue weighted by Gasteiger charge is -2.30. The zero-order chi connectivity index (χ0) is 15.5. The van der Waals surface area contributed by atoms with Gasteiger partial charge in [0, 0.05) is 17.9 Å². The second kappa shape index (κ2) is 6.28. The molecule has 3 rings (SSSR count). The Labute approximate surface area is 134 Å². The zero-order valence-electron chi connectivity index (χ0n) is 12.2. The molecule has 0 aromatic heterocycles. The Morgan fingerprint density at radius 1 is 1.27 bits per heavy atom. The van der Waals surface area contributed by atoms with Gasteiger partial charge in [-0.15, -0.1) is 0 Å². The van der Waals surface area contributed by atoms with Gasteiger partial charge in [0.25, 0.3) is 0 Å². The fourth-order valence-electron chi connectivity index (χ4n) is 2.77. The summed E-state index contributed by atoms with van der Waals surface area (Å²) < 4.78 is 0. The molecule has 0 bridgehead atoms. The molecule has 1 heterocycles. The Hall–Kier alpha value is -2.20. The summed E-state index contributed by atoms with van der Waals surface area (Å²) in [6.07, 6.45) is 2.13. The number of anilines is 3. The smallest absolute Gasteiger partial charge is 0.243 e. The number of nitrogens with two attached hydrogens (primary N) is 1. The van der Waals surface area contributed by atoms with Crippen LogP contribution in [0.15, 0.2) is 42.5 Å². The van der Waals surface area contributed by atoms with Crippen molar-refractivity contribution in [2.75, 3.05) is 29.0 Å². The number of nitrogens with one attached hydrogen (secondary N) is 1. The summed E-state index contributed by atoms with van der Waals surface area (Å²) in [6.45, 7) is 1.21. The van der Waals surface area contributed by atoms with Crippen molar-refractivity contribution in [3.63, 3.8) is 0 Å². The first-order valence-electron chi connectivity index (χ1n) is 7.31. The fourth-order valence-corrected chi connectivity index (χ4v) is 3.01. The van der Waals surface area contributed by atoms with Gasteiger partial charge in [0.15, 0.2) is 0 Å². The van der Waals surface area contributed by atoms with E-state index < -0.39 is 0 Å². The third-order valence-electron chi connectivity index (χ3n) is 3.81. The average Bonchev–Trinajstić information content (AvgIpc) is 2.50. The summed E-state index contributed by atoms with van der Waals surface area (Å²) >= 11 is 6.09. The van der Waals surface area contributed by atoms with Gasteiger partial charge in [0.2, 0.25) is 5.91 Å². The molecule has 22 heavy (non-hydrogen) atoms. The van der Waals surface area contributed by atoms with Crippen molar-refractivity contribution in [1.29, 1.82) is 0 Å². The Morgan fingerprint density at radius 3 is 2.91 bits per heavy atom. The van der Waals surface area contributed by atoms with E-state index in [1.165, 1.54) is 5.56 Å². The van der Waals surface area contributed by atoms with Crippen molar-refractivity contribution >= 4 is 34.6 Å². The fraction of sp³-hybridized carbons (Fsp3) is 0.235. The van der Waals surface area contributed by atoms with Crippen LogP contribution in [0.3, 0.4) is 0 Å². The monoisotopic (exact) mass is 315 g/mol. The molecule has 3 N–H and O–H groups in total. The number of carbonyl (C=O) groups excluding carboxylic acids is 1. The highest BCUT2D eigenvalue weighted by atomic mass is 35.5. The molecule has 1 aliphatic heterocycles. The van der Waals surface area contributed by atoms with Crippen LogP contribution in [-0.2, 0) is 11.2 Å². The van der Waals surface area contributed by atoms with Crippen LogP contribution >= 0.6 is 11.6 Å². The number of aryl methyl sites for hydroxylation is 1. The predicted octanol–water partition coefficient (Wildman–Crippen LogP) is 3.31. The number of carbonyl (C=O) groups is 1. The molecule has 2 aromatic carbocycles. The van der Waals surface area contributed by atoms with Gasteiger partial charge in [-0.2, -0.15) is 0 Å². The van der Waals surface area contributed by atoms with E-state index in [1.54, 1.807) is 18.2 Å². The predicted molar refractivity (Wildman–Crippen MR) is 91.5 cm³/mol. The SMILES string of the molecule is Nc1ccc(NC(=O)CN2CCCc3ccccc32)c(Cl)c1. The minimum atomic E-state index is -0.0802. The number of nitrogen functional groups attached to an aromatic ring is 1. The Kier molecular flexibility index (Phi) is 4.20. The first-order valence-corrected chi connectivity index (χ1v) is 7.69. The normalized spacial score (nSPS) is 13.6. The van der Waals surface area contributed by atoms with E-state index in [2.05, 4.69) is 22.3 Å². The topological polar surface area (TPSA) is 58.4 Å². The van der Waals surface area contributed by atoms with Crippen LogP contribution in [0.4, 0.5) is 17.1 Å². The van der Waals surface area contributed by atoms with Crippen molar-refractivity contribution < 1.29 is 4.79 Å². The van der Waals surface area contributed by atoms with Gasteiger partial charge >= 0.3 is 0 Å². The molecule has 0 saturated heterocycles. The van der Waals surface area contributed by atoms with E-state index in [9.17, 15) is 4.79 Å². The summed E-state index contributed by atoms with van der Waals surface area (Å²) in [6, 6.07) is 13.3. The first-order chi connectivity index (χ1) is 10.6. The van der Waals surface area contributed by atoms with Crippen LogP contribution in [0.1, 0.15) is 12.0 Å². The molecule has 0 fully saturated rings. The summed E-state index contributed by atoms with van der Waals surface area (Å²) in [7, 11) is 0. The van der Waals surface area contributed by atoms with Crippen molar-refractivity contribution in [2.45, 2.75) is 12.8 Å². The maximum atomic E-state index is 12.3. The lowest BCUT2D eigenvalue weighted by Crippen LogP contribution is -2.36. The number of fused-ring (bicyclic) bond motifs is 1. The van der Waals surface area contributed by atoms with Crippen molar-refractivity contribution in [3.05, 3.63) is 53.1 Å². The van der Waals surface area contributed by atoms with E-state index in [-0.39, 0.29) is 5.91 Å². The van der Waals surface area contributed by atoms with E-state index in [4.69, 9.17) is 17.3 Å². The number of benzene rings is 2. The number of nitrogens with zero attached hydrogens (tertiary/aromatic N) is 1. The number of rotatable bonds is 3. The molecule has 1 aliphatic rings. The van der Waals surface area contributed by atoms with Gasteiger partial charge < -0.3 is 16.0 Å². The molecular weight excluding hydrogens is 298 g/mol. The summed E-state index contributed by atoms with van der Waals surface area (Å²) in [5.74, 6) is -0.0802. The first kappa shape index (κ1) is 14.7. The van der Waals surface area contributed by atoms with Gasteiger partial charge in [-0.1, -0.05) is 29.8 Å². The van der Waals surface area contributed by atoms with Crippen molar-refractivity contribution in [1.82, 2.24) is 0 Å². The van der Waals surface area contributed by atoms with Crippen LogP contribution in [0.2, 0.25) is 5.02 Å². The minimum Gasteiger partial charge on any atom is -0.399 e. The number of para-hydroxylation sites is 1. The molecule has 0 spiro atoms. The number of amides is 1. The second-order valence-electron chi connectivity index (χ2n) is 5.44. The molecule has 114 valence electrons. The Morgan fingerprint density at radius 2 is 2.09 bits per heavy atom. The zero-order valence-corrected chi connectivity index (χ0v) is 12.9. The van der Waals surface area contributed by atoms with Crippen LogP contribution in [0.25, 0.3) is 0 Å². The molecule has 1 amide bonds. The highest BCUT2D eigenvalue weighted by Gasteiger charge is 2.18. The minimum absolute atomic E-state index is 0.0802. The van der Waals surface area contributed by atoms with E-state index in [0.717, 1.165) is 25.1 Å². The Balaban J connectivity index is 1.70. The maximum absolute atomic E-state index is 12.3. The average molecular weight is 316 g/mol. The van der Waals surface area contributed by atoms with Gasteiger partial charge in [-0.25, -0.2) is 0 Å². The number of hydrogen-bond acceptors (Lipinski definition) is 3. The molecular formula is C17H18ClN3O. The summed E-state index contributed by atoms with van der Waals surface area (Å²) in [5.41, 5.74) is 9.27. The molecule has 0 saturated carbocycles. The second-order valence-corrected chi connectivity index (χ2v) is 5.85.